The van der Waals surface area contributed by atoms with Crippen LogP contribution in [0.4, 0.5) is 5.69 Å². The molecule has 1 N–H and O–H groups in total. The molecule has 0 aromatic heterocycles. The first kappa shape index (κ1) is 17.2. The van der Waals surface area contributed by atoms with Gasteiger partial charge in [0.15, 0.2) is 0 Å². The summed E-state index contributed by atoms with van der Waals surface area (Å²) in [5.74, 6) is -1.46. The molecule has 0 unspecified atom stereocenters. The Morgan fingerprint density at radius 1 is 1.43 bits per heavy atom. The van der Waals surface area contributed by atoms with Crippen LogP contribution < -0.4 is 9.62 Å². The monoisotopic (exact) mass is 355 g/mol. The number of benzene rings is 1. The van der Waals surface area contributed by atoms with Gasteiger partial charge in [0.2, 0.25) is 15.9 Å². The zero-order chi connectivity index (χ0) is 17.4. The fourth-order valence-corrected chi connectivity index (χ4v) is 3.72. The highest BCUT2D eigenvalue weighted by molar-refractivity contribution is 7.94. The van der Waals surface area contributed by atoms with E-state index in [1.807, 2.05) is 6.07 Å². The molecule has 1 aromatic rings. The van der Waals surface area contributed by atoms with E-state index in [-0.39, 0.29) is 28.4 Å². The summed E-state index contributed by atoms with van der Waals surface area (Å²) in [5.41, 5.74) is -1.08. The van der Waals surface area contributed by atoms with Gasteiger partial charge in [-0.25, -0.2) is 12.7 Å². The van der Waals surface area contributed by atoms with Crippen molar-refractivity contribution in [2.75, 3.05) is 10.1 Å². The van der Waals surface area contributed by atoms with Crippen molar-refractivity contribution in [1.82, 2.24) is 5.32 Å². The van der Waals surface area contributed by atoms with Crippen LogP contribution in [0.2, 0.25) is 5.02 Å². The van der Waals surface area contributed by atoms with E-state index in [0.717, 1.165) is 0 Å². The molecule has 0 aliphatic carbocycles. The van der Waals surface area contributed by atoms with Gasteiger partial charge < -0.3 is 5.32 Å². The van der Waals surface area contributed by atoms with Crippen LogP contribution >= 0.6 is 11.6 Å². The van der Waals surface area contributed by atoms with E-state index in [2.05, 4.69) is 5.32 Å². The number of halogens is 1. The molecular formula is C14H14ClN3O4S. The summed E-state index contributed by atoms with van der Waals surface area (Å²) in [7, 11) is -3.73. The fourth-order valence-electron chi connectivity index (χ4n) is 2.06. The molecule has 2 rings (SSSR count). The first-order valence-corrected chi connectivity index (χ1v) is 8.65. The molecule has 0 saturated carbocycles. The van der Waals surface area contributed by atoms with Gasteiger partial charge in [0.1, 0.15) is 5.54 Å². The van der Waals surface area contributed by atoms with Gasteiger partial charge in [-0.15, -0.1) is 0 Å². The smallest absolute Gasteiger partial charge is 0.254 e. The number of nitrogens with zero attached hydrogens (tertiary/aromatic N) is 2. The number of carbonyl (C=O) groups is 2. The lowest BCUT2D eigenvalue weighted by molar-refractivity contribution is -0.116. The third-order valence-corrected chi connectivity index (χ3v) is 5.23. The van der Waals surface area contributed by atoms with Crippen molar-refractivity contribution in [3.63, 3.8) is 0 Å². The van der Waals surface area contributed by atoms with Crippen molar-refractivity contribution in [3.05, 3.63) is 28.8 Å². The molecular weight excluding hydrogens is 342 g/mol. The van der Waals surface area contributed by atoms with Crippen molar-refractivity contribution in [2.45, 2.75) is 25.8 Å². The van der Waals surface area contributed by atoms with Crippen LogP contribution in [-0.4, -0.2) is 31.5 Å². The highest BCUT2D eigenvalue weighted by atomic mass is 35.5. The molecule has 23 heavy (non-hydrogen) atoms. The predicted molar refractivity (Wildman–Crippen MR) is 84.5 cm³/mol. The van der Waals surface area contributed by atoms with Crippen molar-refractivity contribution in [3.8, 4) is 6.07 Å². The van der Waals surface area contributed by atoms with Gasteiger partial charge in [-0.3, -0.25) is 9.59 Å². The second kappa shape index (κ2) is 5.83. The summed E-state index contributed by atoms with van der Waals surface area (Å²) in [5, 5.41) is 11.5. The summed E-state index contributed by atoms with van der Waals surface area (Å²) in [4.78, 5) is 24.1. The van der Waals surface area contributed by atoms with Crippen molar-refractivity contribution < 1.29 is 18.0 Å². The lowest BCUT2D eigenvalue weighted by atomic mass is 10.1. The van der Waals surface area contributed by atoms with Crippen LogP contribution in [0.5, 0.6) is 0 Å². The molecule has 1 saturated heterocycles. The Hall–Kier alpha value is -2.11. The Kier molecular flexibility index (Phi) is 4.37. The minimum Gasteiger partial charge on any atom is -0.334 e. The molecule has 1 aliphatic heterocycles. The molecule has 122 valence electrons. The van der Waals surface area contributed by atoms with Gasteiger partial charge in [0.05, 0.1) is 28.1 Å². The number of sulfonamides is 1. The van der Waals surface area contributed by atoms with E-state index in [4.69, 9.17) is 16.9 Å². The maximum Gasteiger partial charge on any atom is 0.254 e. The summed E-state index contributed by atoms with van der Waals surface area (Å²) < 4.78 is 24.6. The van der Waals surface area contributed by atoms with Crippen molar-refractivity contribution in [2.24, 2.45) is 0 Å². The van der Waals surface area contributed by atoms with Gasteiger partial charge in [-0.05, 0) is 32.0 Å². The number of carbonyl (C=O) groups excluding carboxylic acids is 2. The van der Waals surface area contributed by atoms with E-state index in [0.29, 0.717) is 4.31 Å². The average molecular weight is 356 g/mol. The number of hydrogen-bond acceptors (Lipinski definition) is 5. The van der Waals surface area contributed by atoms with E-state index < -0.39 is 27.4 Å². The van der Waals surface area contributed by atoms with Crippen LogP contribution in [0.1, 0.15) is 30.6 Å². The summed E-state index contributed by atoms with van der Waals surface area (Å²) >= 11 is 5.98. The third-order valence-electron chi connectivity index (χ3n) is 3.21. The normalized spacial score (nSPS) is 17.0. The third kappa shape index (κ3) is 3.46. The van der Waals surface area contributed by atoms with Gasteiger partial charge in [-0.2, -0.15) is 5.26 Å². The van der Waals surface area contributed by atoms with Crippen LogP contribution in [0.15, 0.2) is 18.2 Å². The van der Waals surface area contributed by atoms with Crippen molar-refractivity contribution in [1.29, 1.82) is 5.26 Å². The van der Waals surface area contributed by atoms with Crippen LogP contribution in [-0.2, 0) is 14.8 Å². The zero-order valence-electron chi connectivity index (χ0n) is 12.5. The fraction of sp³-hybridized carbons (Fsp3) is 0.357. The minimum absolute atomic E-state index is 0.0117. The second-order valence-electron chi connectivity index (χ2n) is 5.58. The van der Waals surface area contributed by atoms with Gasteiger partial charge >= 0.3 is 0 Å². The molecule has 0 bridgehead atoms. The number of anilines is 1. The molecule has 1 aromatic carbocycles. The van der Waals surface area contributed by atoms with Crippen LogP contribution in [0.3, 0.4) is 0 Å². The maximum atomic E-state index is 12.3. The summed E-state index contributed by atoms with van der Waals surface area (Å²) in [6, 6.07) is 5.84. The molecule has 1 aliphatic rings. The molecule has 2 amide bonds. The van der Waals surface area contributed by atoms with E-state index in [9.17, 15) is 18.0 Å². The number of amides is 2. The first-order valence-electron chi connectivity index (χ1n) is 6.66. The summed E-state index contributed by atoms with van der Waals surface area (Å²) in [6.07, 6.45) is -0.103. The SMILES string of the molecule is CC(C)(C#N)NC(=O)c1cc(N2C(=O)CCS2(=O)=O)ccc1Cl. The maximum absolute atomic E-state index is 12.3. The molecule has 7 nitrogen and oxygen atoms in total. The lowest BCUT2D eigenvalue weighted by Crippen LogP contribution is -2.42. The molecule has 0 spiro atoms. The van der Waals surface area contributed by atoms with E-state index in [1.54, 1.807) is 0 Å². The summed E-state index contributed by atoms with van der Waals surface area (Å²) in [6.45, 7) is 3.02. The van der Waals surface area contributed by atoms with Crippen LogP contribution in [0.25, 0.3) is 0 Å². The Balaban J connectivity index is 2.43. The van der Waals surface area contributed by atoms with E-state index >= 15 is 0 Å². The first-order chi connectivity index (χ1) is 10.6. The molecule has 1 heterocycles. The largest absolute Gasteiger partial charge is 0.334 e. The van der Waals surface area contributed by atoms with Crippen LogP contribution in [0, 0.1) is 11.3 Å². The predicted octanol–water partition coefficient (Wildman–Crippen LogP) is 1.44. The minimum atomic E-state index is -3.73. The molecule has 1 fully saturated rings. The number of nitriles is 1. The Bertz CT molecular complexity index is 827. The molecule has 0 radical (unpaired) electrons. The van der Waals surface area contributed by atoms with Crippen molar-refractivity contribution >= 4 is 39.1 Å². The Morgan fingerprint density at radius 2 is 2.09 bits per heavy atom. The highest BCUT2D eigenvalue weighted by Gasteiger charge is 2.36. The van der Waals surface area contributed by atoms with Gasteiger partial charge in [0.25, 0.3) is 5.91 Å². The topological polar surface area (TPSA) is 107 Å². The second-order valence-corrected chi connectivity index (χ2v) is 7.92. The molecule has 0 atom stereocenters. The Morgan fingerprint density at radius 3 is 2.61 bits per heavy atom. The van der Waals surface area contributed by atoms with Gasteiger partial charge in [-0.1, -0.05) is 11.6 Å². The Labute approximate surface area is 138 Å². The number of hydrogen-bond donors (Lipinski definition) is 1. The van der Waals surface area contributed by atoms with E-state index in [1.165, 1.54) is 32.0 Å². The molecule has 9 heteroatoms. The van der Waals surface area contributed by atoms with Gasteiger partial charge in [0, 0.05) is 6.42 Å². The number of rotatable bonds is 3. The standard InChI is InChI=1S/C14H14ClN3O4S/c1-14(2,8-16)17-13(20)10-7-9(3-4-11(10)15)18-12(19)5-6-23(18,21)22/h3-4,7H,5-6H2,1-2H3,(H,17,20). The highest BCUT2D eigenvalue weighted by Crippen LogP contribution is 2.29. The lowest BCUT2D eigenvalue weighted by Gasteiger charge is -2.20. The number of nitrogens with one attached hydrogen (secondary N) is 1. The average Bonchev–Trinajstić information content (AvgIpc) is 2.73. The quantitative estimate of drug-likeness (QED) is 0.882. The zero-order valence-corrected chi connectivity index (χ0v) is 14.0.